The van der Waals surface area contributed by atoms with Gasteiger partial charge in [0.05, 0.1) is 25.3 Å². The summed E-state index contributed by atoms with van der Waals surface area (Å²) in [6.07, 6.45) is -17.2. The second-order valence-electron chi connectivity index (χ2n) is 4.94. The topological polar surface area (TPSA) is 288 Å². The van der Waals surface area contributed by atoms with Crippen molar-refractivity contribution in [2.75, 3.05) is 13.2 Å². The van der Waals surface area contributed by atoms with Crippen LogP contribution in [0.25, 0.3) is 0 Å². The molecule has 0 fully saturated rings. The van der Waals surface area contributed by atoms with Crippen LogP contribution >= 0.6 is 0 Å². The third kappa shape index (κ3) is 12.6. The molecule has 14 nitrogen and oxygen atoms in total. The predicted octanol–water partition coefficient (Wildman–Crippen LogP) is -11.7. The molecule has 8 N–H and O–H groups in total. The number of aliphatic hydroxyl groups is 8. The first-order chi connectivity index (χ1) is 11.8. The van der Waals surface area contributed by atoms with Crippen LogP contribution in [0.2, 0.25) is 0 Å². The summed E-state index contributed by atoms with van der Waals surface area (Å²) < 4.78 is 0. The van der Waals surface area contributed by atoms with Crippen LogP contribution in [0.3, 0.4) is 0 Å². The van der Waals surface area contributed by atoms with E-state index in [0.717, 1.165) is 0 Å². The molecule has 0 amide bonds. The normalized spacial score (nSPS) is 18.9. The maximum atomic E-state index is 10.7. The Balaban J connectivity index is -0.000000192. The van der Waals surface area contributed by atoms with E-state index in [-0.39, 0.29) is 46.1 Å². The van der Waals surface area contributed by atoms with Crippen molar-refractivity contribution in [1.82, 2.24) is 0 Å². The van der Waals surface area contributed by atoms with Crippen LogP contribution in [0, 0.1) is 0 Å². The summed E-state index contributed by atoms with van der Waals surface area (Å²) in [7, 11) is 0. The molecule has 0 aliphatic carbocycles. The van der Waals surface area contributed by atoms with Gasteiger partial charge in [-0.1, -0.05) is 6.10 Å². The Hall–Kier alpha value is 0.0725. The van der Waals surface area contributed by atoms with E-state index < -0.39 is 74.0 Å². The van der Waals surface area contributed by atoms with Gasteiger partial charge in [0.15, 0.2) is 0 Å². The van der Waals surface area contributed by atoms with Crippen LogP contribution < -0.4 is 20.4 Å². The van der Waals surface area contributed by atoms with Crippen molar-refractivity contribution in [2.24, 2.45) is 0 Å². The van der Waals surface area contributed by atoms with Gasteiger partial charge in [-0.15, -0.1) is 6.10 Å². The van der Waals surface area contributed by atoms with Crippen molar-refractivity contribution >= 4 is 58.0 Å². The van der Waals surface area contributed by atoms with Crippen LogP contribution in [-0.2, 0) is 9.59 Å². The molecule has 8 atom stereocenters. The van der Waals surface area contributed by atoms with Crippen LogP contribution in [0.1, 0.15) is 0 Å². The van der Waals surface area contributed by atoms with E-state index in [1.165, 1.54) is 0 Å². The fourth-order valence-electron chi connectivity index (χ4n) is 1.30. The molecule has 16 heteroatoms. The molecule has 0 heterocycles. The minimum Gasteiger partial charge on any atom is -0.851 e. The van der Waals surface area contributed by atoms with Crippen LogP contribution in [0.4, 0.5) is 0 Å². The largest absolute Gasteiger partial charge is 2.00 e. The zero-order chi connectivity index (χ0) is 21.2. The predicted molar refractivity (Wildman–Crippen MR) is 79.3 cm³/mol. The standard InChI is InChI=1S/C6H12O7.C6H10O7.2Mg/c2*7-1-2(8)3(9)4(10)5(11)6(12)13;;/h2-5,7-11H,1H2,(H,12,13);2-5,7-9H,1H2,(H,12,13);;/q;-2;2*+2/p-2/t2*2-,3-,4+,5-;;/m11../s1. The fraction of sp³-hybridized carbons (Fsp3) is 0.833. The molecule has 0 unspecified atom stereocenters. The van der Waals surface area contributed by atoms with E-state index in [1.54, 1.807) is 0 Å². The van der Waals surface area contributed by atoms with Gasteiger partial charge in [0.2, 0.25) is 0 Å². The molecule has 0 aromatic heterocycles. The average molecular weight is 437 g/mol. The van der Waals surface area contributed by atoms with Crippen molar-refractivity contribution in [3.8, 4) is 0 Å². The van der Waals surface area contributed by atoms with Gasteiger partial charge in [-0.3, -0.25) is 0 Å². The Morgan fingerprint density at radius 3 is 1.32 bits per heavy atom. The summed E-state index contributed by atoms with van der Waals surface area (Å²) >= 11 is 0. The van der Waals surface area contributed by atoms with Crippen molar-refractivity contribution in [1.29, 1.82) is 0 Å². The molecule has 0 saturated heterocycles. The first-order valence-electron chi connectivity index (χ1n) is 6.86. The third-order valence-corrected chi connectivity index (χ3v) is 2.94. The molecule has 0 spiro atoms. The van der Waals surface area contributed by atoms with Gasteiger partial charge in [-0.05, 0) is 0 Å². The maximum absolute atomic E-state index is 10.7. The van der Waals surface area contributed by atoms with Crippen molar-refractivity contribution < 1.29 is 70.9 Å². The third-order valence-electron chi connectivity index (χ3n) is 2.94. The van der Waals surface area contributed by atoms with Gasteiger partial charge >= 0.3 is 46.1 Å². The monoisotopic (exact) mass is 436 g/mol. The number of aliphatic carboxylic acids is 2. The Morgan fingerprint density at radius 1 is 0.679 bits per heavy atom. The molecule has 156 valence electrons. The number of carboxylic acids is 2. The molecular formula is C12H20Mg2O14. The van der Waals surface area contributed by atoms with Crippen LogP contribution in [0.15, 0.2) is 0 Å². The molecule has 0 aliphatic heterocycles. The van der Waals surface area contributed by atoms with E-state index in [0.29, 0.717) is 0 Å². The Labute approximate surface area is 190 Å². The van der Waals surface area contributed by atoms with Gasteiger partial charge in [0.1, 0.15) is 30.5 Å². The van der Waals surface area contributed by atoms with Crippen molar-refractivity contribution in [3.63, 3.8) is 0 Å². The van der Waals surface area contributed by atoms with Crippen LogP contribution in [-0.4, -0.2) is 161 Å². The molecule has 0 aliphatic rings. The Morgan fingerprint density at radius 2 is 1.04 bits per heavy atom. The van der Waals surface area contributed by atoms with Gasteiger partial charge < -0.3 is 70.9 Å². The smallest absolute Gasteiger partial charge is 0.851 e. The number of carbonyl (C=O) groups is 2. The first kappa shape index (κ1) is 35.5. The Kier molecular flexibility index (Phi) is 22.7. The zero-order valence-corrected chi connectivity index (χ0v) is 17.3. The van der Waals surface area contributed by atoms with E-state index in [2.05, 4.69) is 0 Å². The molecular weight excluding hydrogens is 417 g/mol. The number of carboxylic acid groups (broad SMARTS) is 2. The second kappa shape index (κ2) is 17.9. The summed E-state index contributed by atoms with van der Waals surface area (Å²) in [6, 6.07) is 0. The summed E-state index contributed by atoms with van der Waals surface area (Å²) in [6.45, 7) is -1.79. The molecule has 0 bridgehead atoms. The molecule has 0 rings (SSSR count). The molecule has 0 aromatic rings. The first-order valence-corrected chi connectivity index (χ1v) is 6.86. The SMILES string of the molecule is O=C([O-])[C@H](O)[C@@H](O)[C@H](O)[C@H](O)CO.O=C([O-])[C@H]([O-])[C@@H]([O-])[C@H](O)[C@H](O)CO.[Mg+2].[Mg+2]. The van der Waals surface area contributed by atoms with E-state index >= 15 is 0 Å². The van der Waals surface area contributed by atoms with Gasteiger partial charge in [-0.2, -0.15) is 0 Å². The van der Waals surface area contributed by atoms with Crippen molar-refractivity contribution in [2.45, 2.75) is 48.8 Å². The number of hydrogen-bond donors (Lipinski definition) is 8. The molecule has 0 aromatic carbocycles. The minimum atomic E-state index is -2.67. The zero-order valence-electron chi connectivity index (χ0n) is 14.5. The summed E-state index contributed by atoms with van der Waals surface area (Å²) in [5, 5.41) is 110. The summed E-state index contributed by atoms with van der Waals surface area (Å²) in [5.41, 5.74) is 0. The van der Waals surface area contributed by atoms with E-state index in [4.69, 9.17) is 40.9 Å². The molecule has 0 radical (unpaired) electrons. The van der Waals surface area contributed by atoms with E-state index in [1.807, 2.05) is 0 Å². The number of rotatable bonds is 10. The molecule has 0 saturated carbocycles. The van der Waals surface area contributed by atoms with Gasteiger partial charge in [0.25, 0.3) is 0 Å². The Bertz CT molecular complexity index is 389. The number of aliphatic hydroxyl groups excluding tert-OH is 8. The number of carbonyl (C=O) groups excluding carboxylic acids is 2. The maximum Gasteiger partial charge on any atom is 2.00 e. The van der Waals surface area contributed by atoms with Gasteiger partial charge in [-0.25, -0.2) is 0 Å². The second-order valence-corrected chi connectivity index (χ2v) is 4.94. The van der Waals surface area contributed by atoms with E-state index in [9.17, 15) is 30.0 Å². The quantitative estimate of drug-likeness (QED) is 0.147. The van der Waals surface area contributed by atoms with Crippen molar-refractivity contribution in [3.05, 3.63) is 0 Å². The number of hydrogen-bond acceptors (Lipinski definition) is 14. The van der Waals surface area contributed by atoms with Gasteiger partial charge in [0, 0.05) is 5.97 Å². The average Bonchev–Trinajstić information content (AvgIpc) is 2.62. The van der Waals surface area contributed by atoms with Crippen LogP contribution in [0.5, 0.6) is 0 Å². The minimum absolute atomic E-state index is 0. The molecule has 28 heavy (non-hydrogen) atoms. The summed E-state index contributed by atoms with van der Waals surface area (Å²) in [4.78, 5) is 19.9. The fourth-order valence-corrected chi connectivity index (χ4v) is 1.30. The summed E-state index contributed by atoms with van der Waals surface area (Å²) in [5.74, 6) is -4.12.